The highest BCUT2D eigenvalue weighted by Crippen LogP contribution is 2.37. The summed E-state index contributed by atoms with van der Waals surface area (Å²) in [6.07, 6.45) is 1.64. The molecule has 0 aliphatic heterocycles. The van der Waals surface area contributed by atoms with Gasteiger partial charge < -0.3 is 20.7 Å². The van der Waals surface area contributed by atoms with E-state index in [0.717, 1.165) is 21.6 Å². The molecule has 5 aromatic rings. The molecule has 0 radical (unpaired) electrons. The van der Waals surface area contributed by atoms with Crippen LogP contribution in [0.2, 0.25) is 0 Å². The Bertz CT molecular complexity index is 1820. The van der Waals surface area contributed by atoms with Crippen LogP contribution in [0.5, 0.6) is 5.75 Å². The molecule has 0 aliphatic carbocycles. The molecule has 5 aromatic carbocycles. The highest BCUT2D eigenvalue weighted by molar-refractivity contribution is 8.00. The smallest absolute Gasteiger partial charge is 0.272 e. The van der Waals surface area contributed by atoms with Crippen LogP contribution in [-0.4, -0.2) is 24.8 Å². The van der Waals surface area contributed by atoms with E-state index in [-0.39, 0.29) is 11.6 Å². The van der Waals surface area contributed by atoms with Gasteiger partial charge in [-0.1, -0.05) is 84.4 Å². The van der Waals surface area contributed by atoms with Crippen molar-refractivity contribution >= 4 is 46.9 Å². The molecule has 8 heteroatoms. The zero-order chi connectivity index (χ0) is 32.3. The average Bonchev–Trinajstić information content (AvgIpc) is 3.09. The predicted octanol–water partition coefficient (Wildman–Crippen LogP) is 7.89. The van der Waals surface area contributed by atoms with Crippen molar-refractivity contribution in [1.29, 1.82) is 0 Å². The summed E-state index contributed by atoms with van der Waals surface area (Å²) < 4.78 is 5.23. The molecule has 3 N–H and O–H groups in total. The van der Waals surface area contributed by atoms with Gasteiger partial charge in [0.05, 0.1) is 7.11 Å². The zero-order valence-electron chi connectivity index (χ0n) is 25.4. The molecule has 1 unspecified atom stereocenters. The maximum atomic E-state index is 13.6. The van der Waals surface area contributed by atoms with Gasteiger partial charge in [-0.15, -0.1) is 11.8 Å². The van der Waals surface area contributed by atoms with Gasteiger partial charge in [-0.05, 0) is 78.7 Å². The molecular formula is C38H33N3O4S. The van der Waals surface area contributed by atoms with E-state index < -0.39 is 17.1 Å². The van der Waals surface area contributed by atoms with E-state index in [9.17, 15) is 14.4 Å². The molecule has 0 fully saturated rings. The van der Waals surface area contributed by atoms with Crippen molar-refractivity contribution in [2.75, 3.05) is 17.7 Å². The number of rotatable bonds is 11. The summed E-state index contributed by atoms with van der Waals surface area (Å²) in [7, 11) is 1.59. The molecule has 0 bridgehead atoms. The monoisotopic (exact) mass is 627 g/mol. The summed E-state index contributed by atoms with van der Waals surface area (Å²) in [6, 6.07) is 40.3. The molecule has 0 saturated heterocycles. The van der Waals surface area contributed by atoms with Crippen molar-refractivity contribution in [2.24, 2.45) is 0 Å². The number of benzene rings is 5. The Labute approximate surface area is 272 Å². The molecule has 7 nitrogen and oxygen atoms in total. The number of amides is 3. The van der Waals surface area contributed by atoms with Gasteiger partial charge in [0.25, 0.3) is 11.8 Å². The largest absolute Gasteiger partial charge is 0.497 e. The highest BCUT2D eigenvalue weighted by Gasteiger charge is 2.23. The van der Waals surface area contributed by atoms with Gasteiger partial charge >= 0.3 is 0 Å². The summed E-state index contributed by atoms with van der Waals surface area (Å²) >= 11 is 1.37. The standard InChI is InChI=1S/C38H33N3O4S/c1-26-16-18-27(19-17-26)24-34(41-36(42)29-12-7-4-8-13-29)37(43)40-31-14-9-15-33(25-31)46-35(28-10-5-3-6-11-28)38(44)39-30-20-22-32(45-2)23-21-30/h3-25,35H,1-2H3,(H,39,44)(H,40,43)(H,41,42)/b34-24-. The first-order chi connectivity index (χ1) is 22.4. The average molecular weight is 628 g/mol. The minimum Gasteiger partial charge on any atom is -0.497 e. The number of hydrogen-bond acceptors (Lipinski definition) is 5. The van der Waals surface area contributed by atoms with E-state index in [1.54, 1.807) is 67.8 Å². The van der Waals surface area contributed by atoms with Gasteiger partial charge in [0.2, 0.25) is 5.91 Å². The van der Waals surface area contributed by atoms with Crippen molar-refractivity contribution in [3.63, 3.8) is 0 Å². The van der Waals surface area contributed by atoms with Gasteiger partial charge in [-0.25, -0.2) is 0 Å². The topological polar surface area (TPSA) is 96.5 Å². The number of methoxy groups -OCH3 is 1. The number of nitrogens with one attached hydrogen (secondary N) is 3. The Balaban J connectivity index is 1.36. The number of aryl methyl sites for hydroxylation is 1. The van der Waals surface area contributed by atoms with E-state index in [0.29, 0.717) is 22.7 Å². The summed E-state index contributed by atoms with van der Waals surface area (Å²) in [4.78, 5) is 40.9. The molecule has 46 heavy (non-hydrogen) atoms. The molecule has 230 valence electrons. The van der Waals surface area contributed by atoms with Crippen LogP contribution in [0.15, 0.2) is 144 Å². The second-order valence-electron chi connectivity index (χ2n) is 10.4. The van der Waals surface area contributed by atoms with Crippen molar-refractivity contribution in [2.45, 2.75) is 17.1 Å². The predicted molar refractivity (Wildman–Crippen MR) is 185 cm³/mol. The minimum absolute atomic E-state index is 0.0943. The van der Waals surface area contributed by atoms with Crippen LogP contribution in [0.4, 0.5) is 11.4 Å². The Kier molecular flexibility index (Phi) is 10.7. The number of carbonyl (C=O) groups is 3. The molecule has 0 heterocycles. The molecular weight excluding hydrogens is 595 g/mol. The maximum absolute atomic E-state index is 13.6. The lowest BCUT2D eigenvalue weighted by atomic mass is 10.1. The second kappa shape index (κ2) is 15.4. The summed E-state index contributed by atoms with van der Waals surface area (Å²) in [5, 5.41) is 8.12. The lowest BCUT2D eigenvalue weighted by Gasteiger charge is -2.18. The van der Waals surface area contributed by atoms with Crippen LogP contribution in [0.1, 0.15) is 32.3 Å². The van der Waals surface area contributed by atoms with Crippen LogP contribution < -0.4 is 20.7 Å². The zero-order valence-corrected chi connectivity index (χ0v) is 26.2. The molecule has 0 aromatic heterocycles. The van der Waals surface area contributed by atoms with E-state index in [4.69, 9.17) is 4.74 Å². The number of anilines is 2. The Hall–Kier alpha value is -5.60. The fourth-order valence-corrected chi connectivity index (χ4v) is 5.62. The third-order valence-corrected chi connectivity index (χ3v) is 8.21. The first-order valence-electron chi connectivity index (χ1n) is 14.6. The van der Waals surface area contributed by atoms with Crippen LogP contribution in [0, 0.1) is 6.92 Å². The Morgan fingerprint density at radius 3 is 2.07 bits per heavy atom. The van der Waals surface area contributed by atoms with Gasteiger partial charge in [0.1, 0.15) is 16.7 Å². The SMILES string of the molecule is COc1ccc(NC(=O)C(Sc2cccc(NC(=O)/C(=C/c3ccc(C)cc3)NC(=O)c3ccccc3)c2)c2ccccc2)cc1. The fraction of sp³-hybridized carbons (Fsp3) is 0.0789. The van der Waals surface area contributed by atoms with Crippen LogP contribution in [-0.2, 0) is 9.59 Å². The summed E-state index contributed by atoms with van der Waals surface area (Å²) in [5.41, 5.74) is 4.37. The lowest BCUT2D eigenvalue weighted by Crippen LogP contribution is -2.30. The normalized spacial score (nSPS) is 11.7. The molecule has 0 saturated carbocycles. The number of hydrogen-bond donors (Lipinski definition) is 3. The number of thioether (sulfide) groups is 1. The quantitative estimate of drug-likeness (QED) is 0.102. The van der Waals surface area contributed by atoms with Crippen molar-refractivity contribution in [1.82, 2.24) is 5.32 Å². The van der Waals surface area contributed by atoms with Crippen molar-refractivity contribution in [3.8, 4) is 5.75 Å². The molecule has 0 spiro atoms. The fourth-order valence-electron chi connectivity index (χ4n) is 4.54. The van der Waals surface area contributed by atoms with E-state index in [1.165, 1.54) is 11.8 Å². The molecule has 1 atom stereocenters. The van der Waals surface area contributed by atoms with Gasteiger partial charge in [0.15, 0.2) is 0 Å². The van der Waals surface area contributed by atoms with Gasteiger partial charge in [-0.3, -0.25) is 14.4 Å². The second-order valence-corrected chi connectivity index (χ2v) is 11.6. The summed E-state index contributed by atoms with van der Waals surface area (Å²) in [6.45, 7) is 1.98. The highest BCUT2D eigenvalue weighted by atomic mass is 32.2. The van der Waals surface area contributed by atoms with Gasteiger partial charge in [0, 0.05) is 21.8 Å². The maximum Gasteiger partial charge on any atom is 0.272 e. The minimum atomic E-state index is -0.573. The third-order valence-electron chi connectivity index (χ3n) is 6.96. The van der Waals surface area contributed by atoms with Crippen LogP contribution >= 0.6 is 11.8 Å². The third kappa shape index (κ3) is 8.74. The van der Waals surface area contributed by atoms with E-state index >= 15 is 0 Å². The number of ether oxygens (including phenoxy) is 1. The molecule has 5 rings (SSSR count). The Morgan fingerprint density at radius 1 is 0.717 bits per heavy atom. The van der Waals surface area contributed by atoms with Gasteiger partial charge in [-0.2, -0.15) is 0 Å². The molecule has 3 amide bonds. The van der Waals surface area contributed by atoms with Crippen LogP contribution in [0.3, 0.4) is 0 Å². The lowest BCUT2D eigenvalue weighted by molar-refractivity contribution is -0.116. The van der Waals surface area contributed by atoms with E-state index in [2.05, 4.69) is 16.0 Å². The van der Waals surface area contributed by atoms with Crippen LogP contribution in [0.25, 0.3) is 6.08 Å². The first kappa shape index (κ1) is 31.8. The van der Waals surface area contributed by atoms with Crippen molar-refractivity contribution < 1.29 is 19.1 Å². The number of carbonyl (C=O) groups excluding carboxylic acids is 3. The van der Waals surface area contributed by atoms with E-state index in [1.807, 2.05) is 85.8 Å². The molecule has 0 aliphatic rings. The Morgan fingerprint density at radius 2 is 1.39 bits per heavy atom. The van der Waals surface area contributed by atoms with Crippen molar-refractivity contribution in [3.05, 3.63) is 161 Å². The first-order valence-corrected chi connectivity index (χ1v) is 15.5. The summed E-state index contributed by atoms with van der Waals surface area (Å²) in [5.74, 6) is -0.374.